The molecule has 0 saturated carbocycles. The molecule has 0 spiro atoms. The van der Waals surface area contributed by atoms with Crippen LogP contribution in [0.3, 0.4) is 0 Å². The Morgan fingerprint density at radius 1 is 1.32 bits per heavy atom. The van der Waals surface area contributed by atoms with Crippen molar-refractivity contribution < 1.29 is 4.74 Å². The number of hydrogen-bond acceptors (Lipinski definition) is 5. The maximum atomic E-state index is 5.57. The van der Waals surface area contributed by atoms with Gasteiger partial charge >= 0.3 is 0 Å². The van der Waals surface area contributed by atoms with Crippen molar-refractivity contribution in [3.05, 3.63) is 30.1 Å². The van der Waals surface area contributed by atoms with Gasteiger partial charge in [0.15, 0.2) is 0 Å². The highest BCUT2D eigenvalue weighted by Crippen LogP contribution is 2.21. The van der Waals surface area contributed by atoms with Crippen LogP contribution in [-0.2, 0) is 4.74 Å². The first kappa shape index (κ1) is 15.2. The lowest BCUT2D eigenvalue weighted by atomic mass is 10.0. The summed E-state index contributed by atoms with van der Waals surface area (Å²) < 4.78 is 5.57. The Morgan fingerprint density at radius 3 is 3.00 bits per heavy atom. The molecule has 5 heteroatoms. The minimum Gasteiger partial charge on any atom is -0.378 e. The van der Waals surface area contributed by atoms with Crippen LogP contribution in [0.4, 0.5) is 5.82 Å². The summed E-state index contributed by atoms with van der Waals surface area (Å²) in [5.41, 5.74) is 2.30. The lowest BCUT2D eigenvalue weighted by molar-refractivity contribution is -0.0487. The van der Waals surface area contributed by atoms with Crippen LogP contribution >= 0.6 is 0 Å². The quantitative estimate of drug-likeness (QED) is 0.940. The van der Waals surface area contributed by atoms with Gasteiger partial charge in [-0.2, -0.15) is 0 Å². The van der Waals surface area contributed by atoms with Gasteiger partial charge in [0.05, 0.1) is 18.7 Å². The molecular formula is C17H24N4O. The molecule has 0 radical (unpaired) electrons. The molecule has 2 heterocycles. The number of nitrogens with one attached hydrogen (secondary N) is 1. The molecule has 3 rings (SSSR count). The van der Waals surface area contributed by atoms with E-state index < -0.39 is 0 Å². The van der Waals surface area contributed by atoms with Gasteiger partial charge in [-0.3, -0.25) is 4.90 Å². The van der Waals surface area contributed by atoms with Crippen molar-refractivity contribution in [3.63, 3.8) is 0 Å². The second-order valence-corrected chi connectivity index (χ2v) is 6.52. The van der Waals surface area contributed by atoms with Crippen molar-refractivity contribution in [2.45, 2.75) is 26.3 Å². The van der Waals surface area contributed by atoms with E-state index in [9.17, 15) is 0 Å². The van der Waals surface area contributed by atoms with Gasteiger partial charge in [-0.15, -0.1) is 0 Å². The van der Waals surface area contributed by atoms with Crippen LogP contribution < -0.4 is 5.32 Å². The fraction of sp³-hybridized carbons (Fsp3) is 0.529. The topological polar surface area (TPSA) is 50.3 Å². The zero-order chi connectivity index (χ0) is 15.6. The molecule has 1 aliphatic heterocycles. The fourth-order valence-corrected chi connectivity index (χ4v) is 2.93. The average Bonchev–Trinajstić information content (AvgIpc) is 2.49. The van der Waals surface area contributed by atoms with Crippen molar-refractivity contribution in [1.82, 2.24) is 14.9 Å². The van der Waals surface area contributed by atoms with Crippen molar-refractivity contribution >= 4 is 16.7 Å². The van der Waals surface area contributed by atoms with Gasteiger partial charge < -0.3 is 10.1 Å². The van der Waals surface area contributed by atoms with Crippen LogP contribution in [0.2, 0.25) is 0 Å². The van der Waals surface area contributed by atoms with Gasteiger partial charge in [0, 0.05) is 30.6 Å². The summed E-state index contributed by atoms with van der Waals surface area (Å²) in [6, 6.07) is 6.26. The van der Waals surface area contributed by atoms with E-state index in [0.29, 0.717) is 0 Å². The molecule has 1 saturated heterocycles. The Kier molecular flexibility index (Phi) is 4.27. The zero-order valence-corrected chi connectivity index (χ0v) is 13.6. The predicted molar refractivity (Wildman–Crippen MR) is 89.2 cm³/mol. The molecule has 1 aromatic carbocycles. The number of benzene rings is 1. The van der Waals surface area contributed by atoms with E-state index >= 15 is 0 Å². The lowest BCUT2D eigenvalue weighted by Crippen LogP contribution is -2.54. The number of rotatable bonds is 4. The number of aromatic nitrogens is 2. The average molecular weight is 300 g/mol. The maximum absolute atomic E-state index is 5.57. The van der Waals surface area contributed by atoms with E-state index in [2.05, 4.69) is 53.1 Å². The highest BCUT2D eigenvalue weighted by Gasteiger charge is 2.29. The molecule has 1 aromatic heterocycles. The van der Waals surface area contributed by atoms with Crippen LogP contribution in [0.1, 0.15) is 19.4 Å². The number of hydrogen-bond donors (Lipinski definition) is 1. The number of anilines is 1. The Morgan fingerprint density at radius 2 is 2.18 bits per heavy atom. The largest absolute Gasteiger partial charge is 0.378 e. The summed E-state index contributed by atoms with van der Waals surface area (Å²) in [5.74, 6) is 0.916. The van der Waals surface area contributed by atoms with Crippen LogP contribution in [0.15, 0.2) is 24.5 Å². The first-order valence-electron chi connectivity index (χ1n) is 7.84. The molecule has 0 bridgehead atoms. The standard InChI is InChI=1S/C17H24N4O/c1-13-4-5-15-14(10-13)16(20-12-19-15)18-6-7-21-8-9-22-11-17(21,2)3/h4-5,10,12H,6-9,11H2,1-3H3,(H,18,19,20). The molecule has 0 amide bonds. The second kappa shape index (κ2) is 6.18. The molecule has 2 aromatic rings. The minimum atomic E-state index is 0.101. The first-order chi connectivity index (χ1) is 10.6. The van der Waals surface area contributed by atoms with E-state index in [1.807, 2.05) is 6.07 Å². The van der Waals surface area contributed by atoms with Crippen LogP contribution in [0, 0.1) is 6.92 Å². The third-order valence-corrected chi connectivity index (χ3v) is 4.28. The lowest BCUT2D eigenvalue weighted by Gasteiger charge is -2.42. The maximum Gasteiger partial charge on any atom is 0.137 e. The molecule has 22 heavy (non-hydrogen) atoms. The fourth-order valence-electron chi connectivity index (χ4n) is 2.93. The van der Waals surface area contributed by atoms with E-state index in [1.165, 1.54) is 5.56 Å². The second-order valence-electron chi connectivity index (χ2n) is 6.52. The van der Waals surface area contributed by atoms with Gasteiger partial charge in [-0.1, -0.05) is 11.6 Å². The molecular weight excluding hydrogens is 276 g/mol. The highest BCUT2D eigenvalue weighted by molar-refractivity contribution is 5.89. The van der Waals surface area contributed by atoms with Crippen LogP contribution in [0.5, 0.6) is 0 Å². The van der Waals surface area contributed by atoms with E-state index in [1.54, 1.807) is 6.33 Å². The monoisotopic (exact) mass is 300 g/mol. The number of aryl methyl sites for hydroxylation is 1. The molecule has 5 nitrogen and oxygen atoms in total. The third-order valence-electron chi connectivity index (χ3n) is 4.28. The SMILES string of the molecule is Cc1ccc2ncnc(NCCN3CCOCC3(C)C)c2c1. The van der Waals surface area contributed by atoms with Gasteiger partial charge in [0.25, 0.3) is 0 Å². The number of nitrogens with zero attached hydrogens (tertiary/aromatic N) is 3. The Balaban J connectivity index is 1.68. The summed E-state index contributed by atoms with van der Waals surface area (Å²) in [6.07, 6.45) is 1.62. The molecule has 0 unspecified atom stereocenters. The van der Waals surface area contributed by atoms with Gasteiger partial charge in [-0.25, -0.2) is 9.97 Å². The first-order valence-corrected chi connectivity index (χ1v) is 7.84. The number of ether oxygens (including phenoxy) is 1. The van der Waals surface area contributed by atoms with E-state index in [0.717, 1.165) is 49.6 Å². The van der Waals surface area contributed by atoms with Crippen LogP contribution in [-0.4, -0.2) is 53.3 Å². The molecule has 1 aliphatic rings. The molecule has 118 valence electrons. The molecule has 1 fully saturated rings. The predicted octanol–water partition coefficient (Wildman–Crippen LogP) is 2.46. The smallest absolute Gasteiger partial charge is 0.137 e. The highest BCUT2D eigenvalue weighted by atomic mass is 16.5. The van der Waals surface area contributed by atoms with Crippen molar-refractivity contribution in [2.24, 2.45) is 0 Å². The van der Waals surface area contributed by atoms with Gasteiger partial charge in [-0.05, 0) is 32.9 Å². The van der Waals surface area contributed by atoms with Gasteiger partial charge in [0.1, 0.15) is 12.1 Å². The third kappa shape index (κ3) is 3.20. The Labute approximate surface area is 131 Å². The van der Waals surface area contributed by atoms with Crippen molar-refractivity contribution in [2.75, 3.05) is 38.2 Å². The van der Waals surface area contributed by atoms with E-state index in [4.69, 9.17) is 4.74 Å². The minimum absolute atomic E-state index is 0.101. The van der Waals surface area contributed by atoms with Crippen molar-refractivity contribution in [3.8, 4) is 0 Å². The van der Waals surface area contributed by atoms with Crippen LogP contribution in [0.25, 0.3) is 10.9 Å². The normalized spacial score (nSPS) is 18.5. The Hall–Kier alpha value is -1.72. The number of morpholine rings is 1. The molecule has 1 N–H and O–H groups in total. The summed E-state index contributed by atoms with van der Waals surface area (Å²) in [7, 11) is 0. The summed E-state index contributed by atoms with van der Waals surface area (Å²) in [6.45, 7) is 11.0. The Bertz CT molecular complexity index is 656. The summed E-state index contributed by atoms with van der Waals surface area (Å²) in [4.78, 5) is 11.2. The summed E-state index contributed by atoms with van der Waals surface area (Å²) in [5, 5.41) is 4.55. The number of fused-ring (bicyclic) bond motifs is 1. The molecule has 0 aliphatic carbocycles. The van der Waals surface area contributed by atoms with Gasteiger partial charge in [0.2, 0.25) is 0 Å². The van der Waals surface area contributed by atoms with E-state index in [-0.39, 0.29) is 5.54 Å². The molecule has 0 atom stereocenters. The zero-order valence-electron chi connectivity index (χ0n) is 13.6. The summed E-state index contributed by atoms with van der Waals surface area (Å²) >= 11 is 0. The van der Waals surface area contributed by atoms with Crippen molar-refractivity contribution in [1.29, 1.82) is 0 Å².